The van der Waals surface area contributed by atoms with E-state index >= 15 is 0 Å². The van der Waals surface area contributed by atoms with Crippen LogP contribution in [0, 0.1) is 25.2 Å². The smallest absolute Gasteiger partial charge is 0.407 e. The lowest BCUT2D eigenvalue weighted by Gasteiger charge is -2.09. The van der Waals surface area contributed by atoms with Crippen molar-refractivity contribution in [1.29, 1.82) is 5.26 Å². The second-order valence-electron chi connectivity index (χ2n) is 5.04. The van der Waals surface area contributed by atoms with Gasteiger partial charge in [0.25, 0.3) is 5.91 Å². The monoisotopic (exact) mass is 330 g/mol. The van der Waals surface area contributed by atoms with Crippen LogP contribution in [0.25, 0.3) is 0 Å². The third kappa shape index (κ3) is 6.40. The maximum absolute atomic E-state index is 12.1. The summed E-state index contributed by atoms with van der Waals surface area (Å²) in [6, 6.07) is 7.48. The Kier molecular flexibility index (Phi) is 7.85. The number of alkyl carbamates (subject to hydrolysis) is 1. The van der Waals surface area contributed by atoms with Gasteiger partial charge in [0.15, 0.2) is 0 Å². The molecule has 0 radical (unpaired) electrons. The SMILES string of the molecule is CCOC(=O)NCCN/C=C(/C#N)C(=O)Nc1ccc(C)cc1C. The number of nitriles is 1. The number of anilines is 1. The van der Waals surface area contributed by atoms with Gasteiger partial charge in [-0.3, -0.25) is 4.79 Å². The summed E-state index contributed by atoms with van der Waals surface area (Å²) in [5.41, 5.74) is 2.63. The summed E-state index contributed by atoms with van der Waals surface area (Å²) < 4.78 is 4.71. The van der Waals surface area contributed by atoms with Gasteiger partial charge >= 0.3 is 6.09 Å². The molecule has 128 valence electrons. The van der Waals surface area contributed by atoms with E-state index in [2.05, 4.69) is 16.0 Å². The number of nitrogens with one attached hydrogen (secondary N) is 3. The predicted octanol–water partition coefficient (Wildman–Crippen LogP) is 1.99. The second-order valence-corrected chi connectivity index (χ2v) is 5.04. The van der Waals surface area contributed by atoms with Gasteiger partial charge in [-0.05, 0) is 32.4 Å². The van der Waals surface area contributed by atoms with Gasteiger partial charge in [-0.1, -0.05) is 17.7 Å². The first-order valence-electron chi connectivity index (χ1n) is 7.60. The van der Waals surface area contributed by atoms with Crippen molar-refractivity contribution in [3.8, 4) is 6.07 Å². The van der Waals surface area contributed by atoms with Crippen molar-refractivity contribution in [3.63, 3.8) is 0 Å². The number of aryl methyl sites for hydroxylation is 2. The Morgan fingerprint density at radius 1 is 1.29 bits per heavy atom. The Balaban J connectivity index is 2.51. The van der Waals surface area contributed by atoms with Crippen LogP contribution in [0.3, 0.4) is 0 Å². The van der Waals surface area contributed by atoms with Crippen molar-refractivity contribution in [2.45, 2.75) is 20.8 Å². The van der Waals surface area contributed by atoms with E-state index < -0.39 is 12.0 Å². The molecule has 0 saturated carbocycles. The van der Waals surface area contributed by atoms with Crippen molar-refractivity contribution in [1.82, 2.24) is 10.6 Å². The number of carbonyl (C=O) groups excluding carboxylic acids is 2. The molecule has 0 spiro atoms. The Labute approximate surface area is 141 Å². The summed E-state index contributed by atoms with van der Waals surface area (Å²) in [7, 11) is 0. The molecule has 0 aliphatic rings. The van der Waals surface area contributed by atoms with Gasteiger partial charge < -0.3 is 20.7 Å². The number of ether oxygens (including phenoxy) is 1. The molecule has 7 nitrogen and oxygen atoms in total. The largest absolute Gasteiger partial charge is 0.450 e. The first-order valence-corrected chi connectivity index (χ1v) is 7.60. The fourth-order valence-electron chi connectivity index (χ4n) is 1.89. The number of nitrogens with zero attached hydrogens (tertiary/aromatic N) is 1. The van der Waals surface area contributed by atoms with Crippen LogP contribution < -0.4 is 16.0 Å². The average molecular weight is 330 g/mol. The summed E-state index contributed by atoms with van der Waals surface area (Å²) in [5, 5.41) is 17.1. The van der Waals surface area contributed by atoms with E-state index in [9.17, 15) is 9.59 Å². The van der Waals surface area contributed by atoms with Crippen molar-refractivity contribution >= 4 is 17.7 Å². The zero-order valence-corrected chi connectivity index (χ0v) is 14.1. The molecule has 1 aromatic carbocycles. The minimum atomic E-state index is -0.503. The topological polar surface area (TPSA) is 103 Å². The molecule has 0 aliphatic carbocycles. The summed E-state index contributed by atoms with van der Waals surface area (Å²) in [6.07, 6.45) is 0.822. The van der Waals surface area contributed by atoms with Crippen LogP contribution in [0.5, 0.6) is 0 Å². The van der Waals surface area contributed by atoms with Gasteiger partial charge in [-0.2, -0.15) is 5.26 Å². The number of hydrogen-bond donors (Lipinski definition) is 3. The van der Waals surface area contributed by atoms with Crippen LogP contribution in [-0.4, -0.2) is 31.7 Å². The van der Waals surface area contributed by atoms with Gasteiger partial charge in [-0.15, -0.1) is 0 Å². The van der Waals surface area contributed by atoms with Crippen molar-refractivity contribution < 1.29 is 14.3 Å². The third-order valence-corrected chi connectivity index (χ3v) is 3.06. The minimum absolute atomic E-state index is 0.0499. The van der Waals surface area contributed by atoms with E-state index in [0.717, 1.165) is 11.1 Å². The molecule has 0 aliphatic heterocycles. The standard InChI is InChI=1S/C17H22N4O3/c1-4-24-17(23)20-8-7-19-11-14(10-18)16(22)21-15-6-5-12(2)9-13(15)3/h5-6,9,11,19H,4,7-8H2,1-3H3,(H,20,23)(H,21,22)/b14-11-. The fraction of sp³-hybridized carbons (Fsp3) is 0.353. The minimum Gasteiger partial charge on any atom is -0.450 e. The van der Waals surface area contributed by atoms with Crippen LogP contribution in [-0.2, 0) is 9.53 Å². The molecule has 1 aromatic rings. The molecule has 0 bridgehead atoms. The molecule has 1 rings (SSSR count). The average Bonchev–Trinajstić information content (AvgIpc) is 2.53. The molecule has 0 unspecified atom stereocenters. The number of rotatable bonds is 7. The van der Waals surface area contributed by atoms with E-state index in [0.29, 0.717) is 25.4 Å². The molecule has 0 atom stereocenters. The summed E-state index contributed by atoms with van der Waals surface area (Å²) in [6.45, 7) is 6.54. The van der Waals surface area contributed by atoms with Gasteiger partial charge in [0.1, 0.15) is 11.6 Å². The number of hydrogen-bond acceptors (Lipinski definition) is 5. The lowest BCUT2D eigenvalue weighted by molar-refractivity contribution is -0.112. The lowest BCUT2D eigenvalue weighted by Crippen LogP contribution is -2.31. The molecule has 2 amide bonds. The number of benzene rings is 1. The van der Waals surface area contributed by atoms with Crippen LogP contribution >= 0.6 is 0 Å². The summed E-state index contributed by atoms with van der Waals surface area (Å²) in [4.78, 5) is 23.2. The molecule has 0 heterocycles. The van der Waals surface area contributed by atoms with Crippen molar-refractivity contribution in [2.24, 2.45) is 0 Å². The highest BCUT2D eigenvalue weighted by molar-refractivity contribution is 6.06. The third-order valence-electron chi connectivity index (χ3n) is 3.06. The van der Waals surface area contributed by atoms with Crippen molar-refractivity contribution in [3.05, 3.63) is 41.1 Å². The highest BCUT2D eigenvalue weighted by atomic mass is 16.5. The first kappa shape index (κ1) is 19.0. The highest BCUT2D eigenvalue weighted by Gasteiger charge is 2.10. The molecule has 3 N–H and O–H groups in total. The Hall–Kier alpha value is -3.01. The number of amides is 2. The van der Waals surface area contributed by atoms with Gasteiger partial charge in [-0.25, -0.2) is 4.79 Å². The molecule has 24 heavy (non-hydrogen) atoms. The molecule has 0 fully saturated rings. The van der Waals surface area contributed by atoms with E-state index in [1.807, 2.05) is 32.0 Å². The first-order chi connectivity index (χ1) is 11.5. The van der Waals surface area contributed by atoms with E-state index in [4.69, 9.17) is 10.00 Å². The molecule has 7 heteroatoms. The van der Waals surface area contributed by atoms with Crippen molar-refractivity contribution in [2.75, 3.05) is 25.0 Å². The Morgan fingerprint density at radius 2 is 2.04 bits per heavy atom. The van der Waals surface area contributed by atoms with E-state index in [1.165, 1.54) is 6.20 Å². The predicted molar refractivity (Wildman–Crippen MR) is 91.3 cm³/mol. The van der Waals surface area contributed by atoms with E-state index in [-0.39, 0.29) is 5.57 Å². The van der Waals surface area contributed by atoms with E-state index in [1.54, 1.807) is 13.0 Å². The van der Waals surface area contributed by atoms with Crippen LogP contribution in [0.4, 0.5) is 10.5 Å². The lowest BCUT2D eigenvalue weighted by atomic mass is 10.1. The van der Waals surface area contributed by atoms with Crippen LogP contribution in [0.2, 0.25) is 0 Å². The second kappa shape index (κ2) is 9.90. The molecule has 0 saturated heterocycles. The van der Waals surface area contributed by atoms with Gasteiger partial charge in [0.05, 0.1) is 6.61 Å². The number of carbonyl (C=O) groups is 2. The van der Waals surface area contributed by atoms with Gasteiger partial charge in [0.2, 0.25) is 0 Å². The molecule has 0 aromatic heterocycles. The van der Waals surface area contributed by atoms with Gasteiger partial charge in [0, 0.05) is 25.0 Å². The summed E-state index contributed by atoms with van der Waals surface area (Å²) in [5.74, 6) is -0.490. The zero-order valence-electron chi connectivity index (χ0n) is 14.1. The maximum Gasteiger partial charge on any atom is 0.407 e. The fourth-order valence-corrected chi connectivity index (χ4v) is 1.89. The Bertz CT molecular complexity index is 662. The summed E-state index contributed by atoms with van der Waals surface area (Å²) >= 11 is 0. The quantitative estimate of drug-likeness (QED) is 0.403. The Morgan fingerprint density at radius 3 is 2.67 bits per heavy atom. The highest BCUT2D eigenvalue weighted by Crippen LogP contribution is 2.16. The molecular formula is C17H22N4O3. The van der Waals surface area contributed by atoms with Crippen LogP contribution in [0.15, 0.2) is 30.0 Å². The van der Waals surface area contributed by atoms with Crippen LogP contribution in [0.1, 0.15) is 18.1 Å². The maximum atomic E-state index is 12.1. The molecular weight excluding hydrogens is 308 g/mol. The normalized spacial score (nSPS) is 10.5. The zero-order chi connectivity index (χ0) is 17.9.